The summed E-state index contributed by atoms with van der Waals surface area (Å²) in [5.74, 6) is -1.57. The minimum atomic E-state index is -4.83. The van der Waals surface area contributed by atoms with E-state index in [4.69, 9.17) is 16.1 Å². The van der Waals surface area contributed by atoms with E-state index < -0.39 is 29.1 Å². The molecule has 0 unspecified atom stereocenters. The normalized spacial score (nSPS) is 11.8. The molecule has 0 N–H and O–H groups in total. The van der Waals surface area contributed by atoms with Crippen molar-refractivity contribution < 1.29 is 22.5 Å². The molecule has 2 aromatic carbocycles. The van der Waals surface area contributed by atoms with Gasteiger partial charge in [0.15, 0.2) is 0 Å². The maximum absolute atomic E-state index is 14.4. The molecule has 5 aromatic rings. The number of para-hydroxylation sites is 1. The van der Waals surface area contributed by atoms with Gasteiger partial charge < -0.3 is 9.09 Å². The zero-order valence-electron chi connectivity index (χ0n) is 17.3. The second-order valence-electron chi connectivity index (χ2n) is 7.42. The summed E-state index contributed by atoms with van der Waals surface area (Å²) in [4.78, 5) is 21.4. The van der Waals surface area contributed by atoms with Crippen molar-refractivity contribution in [2.45, 2.75) is 12.7 Å². The Bertz CT molecular complexity index is 1490. The highest BCUT2D eigenvalue weighted by molar-refractivity contribution is 6.30. The molecule has 0 aliphatic heterocycles. The van der Waals surface area contributed by atoms with Crippen LogP contribution in [0.5, 0.6) is 0 Å². The number of pyridine rings is 1. The topological polar surface area (TPSA) is 73.8 Å². The average molecular weight is 483 g/mol. The summed E-state index contributed by atoms with van der Waals surface area (Å²) >= 11 is 5.91. The fraction of sp³-hybridized carbons (Fsp3) is 0.0833. The molecule has 10 heteroatoms. The number of benzene rings is 2. The number of ketones is 1. The van der Waals surface area contributed by atoms with E-state index in [1.165, 1.54) is 18.3 Å². The van der Waals surface area contributed by atoms with Crippen LogP contribution in [-0.4, -0.2) is 25.5 Å². The molecule has 0 saturated carbocycles. The SMILES string of the molecule is O=C(c1nc(-c2ccccn2)no1)c1c(C(F)(F)F)n(Cc2ccc(Cl)cc2)c2ccccc12. The molecule has 3 heterocycles. The van der Waals surface area contributed by atoms with E-state index in [9.17, 15) is 18.0 Å². The summed E-state index contributed by atoms with van der Waals surface area (Å²) in [6, 6.07) is 17.6. The van der Waals surface area contributed by atoms with Crippen LogP contribution in [0.4, 0.5) is 13.2 Å². The van der Waals surface area contributed by atoms with Crippen LogP contribution in [0.3, 0.4) is 0 Å². The van der Waals surface area contributed by atoms with Crippen LogP contribution in [0, 0.1) is 0 Å². The van der Waals surface area contributed by atoms with Gasteiger partial charge in [-0.2, -0.15) is 18.2 Å². The number of hydrogen-bond acceptors (Lipinski definition) is 5. The molecule has 6 nitrogen and oxygen atoms in total. The minimum Gasteiger partial charge on any atom is -0.332 e. The average Bonchev–Trinajstić information content (AvgIpc) is 3.44. The van der Waals surface area contributed by atoms with Gasteiger partial charge in [-0.05, 0) is 35.9 Å². The van der Waals surface area contributed by atoms with Crippen molar-refractivity contribution in [3.8, 4) is 11.5 Å². The molecule has 0 fully saturated rings. The Morgan fingerprint density at radius 2 is 1.74 bits per heavy atom. The fourth-order valence-electron chi connectivity index (χ4n) is 3.79. The van der Waals surface area contributed by atoms with Gasteiger partial charge in [0, 0.05) is 28.7 Å². The van der Waals surface area contributed by atoms with Gasteiger partial charge in [0.2, 0.25) is 5.82 Å². The van der Waals surface area contributed by atoms with Gasteiger partial charge in [0.1, 0.15) is 11.4 Å². The molecule has 3 aromatic heterocycles. The van der Waals surface area contributed by atoms with E-state index in [0.29, 0.717) is 16.3 Å². The van der Waals surface area contributed by atoms with E-state index >= 15 is 0 Å². The van der Waals surface area contributed by atoms with E-state index in [2.05, 4.69) is 15.1 Å². The number of nitrogens with zero attached hydrogens (tertiary/aromatic N) is 4. The third-order valence-corrected chi connectivity index (χ3v) is 5.49. The van der Waals surface area contributed by atoms with Crippen LogP contribution in [0.25, 0.3) is 22.4 Å². The summed E-state index contributed by atoms with van der Waals surface area (Å²) in [5, 5.41) is 4.31. The summed E-state index contributed by atoms with van der Waals surface area (Å²) in [5.41, 5.74) is -0.478. The lowest BCUT2D eigenvalue weighted by atomic mass is 10.1. The lowest BCUT2D eigenvalue weighted by molar-refractivity contribution is -0.143. The quantitative estimate of drug-likeness (QED) is 0.286. The Morgan fingerprint density at radius 3 is 2.44 bits per heavy atom. The molecule has 170 valence electrons. The van der Waals surface area contributed by atoms with Gasteiger partial charge in [-0.1, -0.05) is 53.2 Å². The van der Waals surface area contributed by atoms with Crippen LogP contribution in [0.1, 0.15) is 27.5 Å². The highest BCUT2D eigenvalue weighted by Crippen LogP contribution is 2.39. The zero-order chi connectivity index (χ0) is 23.9. The molecule has 0 saturated heterocycles. The first-order chi connectivity index (χ1) is 16.3. The molecule has 0 radical (unpaired) electrons. The second-order valence-corrected chi connectivity index (χ2v) is 7.85. The molecule has 0 bridgehead atoms. The maximum atomic E-state index is 14.4. The van der Waals surface area contributed by atoms with Gasteiger partial charge in [-0.3, -0.25) is 9.78 Å². The summed E-state index contributed by atoms with van der Waals surface area (Å²) in [7, 11) is 0. The van der Waals surface area contributed by atoms with Gasteiger partial charge in [0.25, 0.3) is 11.7 Å². The number of carbonyl (C=O) groups is 1. The van der Waals surface area contributed by atoms with Crippen molar-refractivity contribution in [1.82, 2.24) is 19.7 Å². The molecule has 0 amide bonds. The number of rotatable bonds is 5. The first-order valence-electron chi connectivity index (χ1n) is 10.1. The number of fused-ring (bicyclic) bond motifs is 1. The third-order valence-electron chi connectivity index (χ3n) is 5.23. The molecule has 0 spiro atoms. The lowest BCUT2D eigenvalue weighted by Gasteiger charge is -2.14. The predicted molar refractivity (Wildman–Crippen MR) is 118 cm³/mol. The van der Waals surface area contributed by atoms with Crippen molar-refractivity contribution >= 4 is 28.3 Å². The van der Waals surface area contributed by atoms with E-state index in [1.54, 1.807) is 54.6 Å². The molecule has 0 atom stereocenters. The van der Waals surface area contributed by atoms with Crippen LogP contribution in [0.15, 0.2) is 77.4 Å². The van der Waals surface area contributed by atoms with E-state index in [-0.39, 0.29) is 23.3 Å². The molecular formula is C24H14ClF3N4O2. The van der Waals surface area contributed by atoms with E-state index in [0.717, 1.165) is 4.57 Å². The maximum Gasteiger partial charge on any atom is 0.432 e. The highest BCUT2D eigenvalue weighted by Gasteiger charge is 2.42. The third kappa shape index (κ3) is 3.94. The van der Waals surface area contributed by atoms with Crippen molar-refractivity contribution in [2.24, 2.45) is 0 Å². The molecule has 0 aliphatic rings. The monoisotopic (exact) mass is 482 g/mol. The lowest BCUT2D eigenvalue weighted by Crippen LogP contribution is -2.19. The predicted octanol–water partition coefficient (Wildman–Crippen LogP) is 6.04. The molecule has 0 aliphatic carbocycles. The number of carbonyl (C=O) groups excluding carboxylic acids is 1. The first kappa shape index (κ1) is 21.8. The minimum absolute atomic E-state index is 0.00223. The van der Waals surface area contributed by atoms with Gasteiger partial charge in [-0.25, -0.2) is 0 Å². The Labute approximate surface area is 195 Å². The second kappa shape index (κ2) is 8.42. The molecule has 5 rings (SSSR count). The Balaban J connectivity index is 1.67. The number of alkyl halides is 3. The summed E-state index contributed by atoms with van der Waals surface area (Å²) in [6.45, 7) is -0.122. The largest absolute Gasteiger partial charge is 0.432 e. The number of hydrogen-bond donors (Lipinski definition) is 0. The highest BCUT2D eigenvalue weighted by atomic mass is 35.5. The first-order valence-corrected chi connectivity index (χ1v) is 10.4. The van der Waals surface area contributed by atoms with Crippen LogP contribution < -0.4 is 0 Å². The summed E-state index contributed by atoms with van der Waals surface area (Å²) in [6.07, 6.45) is -3.33. The van der Waals surface area contributed by atoms with Gasteiger partial charge >= 0.3 is 6.18 Å². The fourth-order valence-corrected chi connectivity index (χ4v) is 3.91. The van der Waals surface area contributed by atoms with Crippen LogP contribution >= 0.6 is 11.6 Å². The zero-order valence-corrected chi connectivity index (χ0v) is 18.0. The van der Waals surface area contributed by atoms with Crippen LogP contribution in [0.2, 0.25) is 5.02 Å². The smallest absolute Gasteiger partial charge is 0.332 e. The van der Waals surface area contributed by atoms with Crippen molar-refractivity contribution in [3.05, 3.63) is 101 Å². The van der Waals surface area contributed by atoms with Crippen molar-refractivity contribution in [3.63, 3.8) is 0 Å². The summed E-state index contributed by atoms with van der Waals surface area (Å²) < 4.78 is 49.3. The Morgan fingerprint density at radius 1 is 1.00 bits per heavy atom. The molecular weight excluding hydrogens is 469 g/mol. The number of halogens is 4. The van der Waals surface area contributed by atoms with Crippen molar-refractivity contribution in [2.75, 3.05) is 0 Å². The van der Waals surface area contributed by atoms with Gasteiger partial charge in [-0.15, -0.1) is 0 Å². The Kier molecular flexibility index (Phi) is 5.41. The number of aromatic nitrogens is 4. The Hall–Kier alpha value is -3.98. The van der Waals surface area contributed by atoms with Crippen LogP contribution in [-0.2, 0) is 12.7 Å². The van der Waals surface area contributed by atoms with Gasteiger partial charge in [0.05, 0.1) is 5.56 Å². The molecule has 34 heavy (non-hydrogen) atoms. The van der Waals surface area contributed by atoms with Crippen molar-refractivity contribution in [1.29, 1.82) is 0 Å². The standard InChI is InChI=1S/C24H14ClF3N4O2/c25-15-10-8-14(9-11-15)13-32-18-7-2-1-5-16(18)19(21(32)24(26,27)28)20(33)23-30-22(31-34-23)17-6-3-4-12-29-17/h1-12H,13H2. The van der Waals surface area contributed by atoms with E-state index in [1.807, 2.05) is 0 Å².